The predicted molar refractivity (Wildman–Crippen MR) is 151 cm³/mol. The maximum atomic E-state index is 13.8. The normalized spacial score (nSPS) is 22.5. The van der Waals surface area contributed by atoms with Crippen molar-refractivity contribution in [3.8, 4) is 0 Å². The van der Waals surface area contributed by atoms with Gasteiger partial charge in [0, 0.05) is 59.2 Å². The zero-order chi connectivity index (χ0) is 27.6. The van der Waals surface area contributed by atoms with Crippen molar-refractivity contribution in [2.75, 3.05) is 20.2 Å². The monoisotopic (exact) mass is 522 g/mol. The minimum atomic E-state index is -0.818. The molecule has 206 valence electrons. The fourth-order valence-electron chi connectivity index (χ4n) is 6.70. The van der Waals surface area contributed by atoms with Crippen LogP contribution in [-0.4, -0.2) is 53.4 Å². The van der Waals surface area contributed by atoms with Crippen LogP contribution in [0.25, 0.3) is 10.9 Å². The first-order valence-corrected chi connectivity index (χ1v) is 14.1. The Bertz CT molecular complexity index is 1250. The number of alkyl halides is 1. The van der Waals surface area contributed by atoms with Gasteiger partial charge in [-0.15, -0.1) is 0 Å². The quantitative estimate of drug-likeness (QED) is 0.311. The number of carbonyl (C=O) groups is 2. The van der Waals surface area contributed by atoms with E-state index >= 15 is 0 Å². The van der Waals surface area contributed by atoms with Crippen molar-refractivity contribution in [2.24, 2.45) is 5.92 Å². The van der Waals surface area contributed by atoms with Gasteiger partial charge in [-0.2, -0.15) is 0 Å². The zero-order valence-corrected chi connectivity index (χ0v) is 23.9. The average molecular weight is 523 g/mol. The summed E-state index contributed by atoms with van der Waals surface area (Å²) in [4.78, 5) is 28.7. The van der Waals surface area contributed by atoms with Gasteiger partial charge in [0.05, 0.1) is 7.11 Å². The summed E-state index contributed by atoms with van der Waals surface area (Å²) in [6.07, 6.45) is 5.17. The lowest BCUT2D eigenvalue weighted by Crippen LogP contribution is -2.46. The largest absolute Gasteiger partial charge is 0.496 e. The molecule has 0 amide bonds. The third kappa shape index (κ3) is 5.66. The Morgan fingerprint density at radius 1 is 1.21 bits per heavy atom. The summed E-state index contributed by atoms with van der Waals surface area (Å²) in [6.45, 7) is 11.5. The molecule has 2 aromatic rings. The van der Waals surface area contributed by atoms with Gasteiger partial charge in [-0.05, 0) is 78.0 Å². The number of ether oxygens (including phenoxy) is 1. The molecule has 4 rings (SSSR count). The number of carbonyl (C=O) groups excluding carboxylic acids is 2. The van der Waals surface area contributed by atoms with Gasteiger partial charge in [-0.1, -0.05) is 30.7 Å². The minimum Gasteiger partial charge on any atom is -0.496 e. The van der Waals surface area contributed by atoms with Crippen LogP contribution < -0.4 is 0 Å². The summed E-state index contributed by atoms with van der Waals surface area (Å²) in [5.74, 6) is 1.14. The van der Waals surface area contributed by atoms with Gasteiger partial charge in [-0.25, -0.2) is 4.39 Å². The van der Waals surface area contributed by atoms with E-state index in [1.807, 2.05) is 31.2 Å². The van der Waals surface area contributed by atoms with Gasteiger partial charge in [0.2, 0.25) is 0 Å². The number of hydrogen-bond donors (Lipinski definition) is 0. The van der Waals surface area contributed by atoms with Gasteiger partial charge in [0.1, 0.15) is 11.9 Å². The van der Waals surface area contributed by atoms with Crippen molar-refractivity contribution in [1.82, 2.24) is 9.47 Å². The third-order valence-corrected chi connectivity index (χ3v) is 8.63. The van der Waals surface area contributed by atoms with E-state index in [4.69, 9.17) is 4.74 Å². The molecule has 0 saturated carbocycles. The predicted octanol–water partition coefficient (Wildman–Crippen LogP) is 7.14. The number of ketones is 2. The Labute approximate surface area is 226 Å². The maximum absolute atomic E-state index is 13.8. The van der Waals surface area contributed by atoms with Gasteiger partial charge < -0.3 is 9.30 Å². The molecule has 0 bridgehead atoms. The molecule has 1 fully saturated rings. The number of fused-ring (bicyclic) bond motifs is 1. The summed E-state index contributed by atoms with van der Waals surface area (Å²) >= 11 is 0. The molecule has 4 atom stereocenters. The molecule has 0 radical (unpaired) electrons. The van der Waals surface area contributed by atoms with E-state index < -0.39 is 6.17 Å². The van der Waals surface area contributed by atoms with E-state index in [1.165, 1.54) is 0 Å². The highest BCUT2D eigenvalue weighted by Crippen LogP contribution is 2.38. The number of methoxy groups -OCH3 is 1. The summed E-state index contributed by atoms with van der Waals surface area (Å²) < 4.78 is 21.6. The minimum absolute atomic E-state index is 0.0430. The Morgan fingerprint density at radius 3 is 2.63 bits per heavy atom. The second-order valence-electron chi connectivity index (χ2n) is 11.3. The van der Waals surface area contributed by atoms with E-state index in [2.05, 4.69) is 36.3 Å². The Hall–Kier alpha value is -2.73. The Kier molecular flexibility index (Phi) is 8.92. The van der Waals surface area contributed by atoms with Crippen molar-refractivity contribution in [1.29, 1.82) is 0 Å². The molecule has 2 aliphatic rings. The SMILES string of the molecule is CCC1CC(C(C)n2c(C)c(C(=O)CCC3=C(OC)C=C(C)CC3=O)c3ccccc32)CCN1CC(C)F. The van der Waals surface area contributed by atoms with E-state index in [0.29, 0.717) is 42.7 Å². The lowest BCUT2D eigenvalue weighted by atomic mass is 9.84. The molecule has 0 N–H and O–H groups in total. The van der Waals surface area contributed by atoms with Crippen LogP contribution in [-0.2, 0) is 9.53 Å². The number of rotatable bonds is 10. The van der Waals surface area contributed by atoms with Gasteiger partial charge >= 0.3 is 0 Å². The molecule has 1 aliphatic heterocycles. The van der Waals surface area contributed by atoms with E-state index in [0.717, 1.165) is 53.5 Å². The molecular weight excluding hydrogens is 479 g/mol. The number of hydrogen-bond acceptors (Lipinski definition) is 4. The van der Waals surface area contributed by atoms with Gasteiger partial charge in [-0.3, -0.25) is 14.5 Å². The smallest absolute Gasteiger partial charge is 0.166 e. The van der Waals surface area contributed by atoms with Crippen molar-refractivity contribution in [3.63, 3.8) is 0 Å². The highest BCUT2D eigenvalue weighted by molar-refractivity contribution is 6.10. The van der Waals surface area contributed by atoms with E-state index in [-0.39, 0.29) is 24.0 Å². The van der Waals surface area contributed by atoms with Crippen molar-refractivity contribution in [2.45, 2.75) is 91.4 Å². The summed E-state index contributed by atoms with van der Waals surface area (Å²) in [7, 11) is 1.57. The Morgan fingerprint density at radius 2 is 1.95 bits per heavy atom. The molecule has 1 saturated heterocycles. The summed E-state index contributed by atoms with van der Waals surface area (Å²) in [5, 5.41) is 0.976. The molecule has 4 unspecified atom stereocenters. The number of nitrogens with zero attached hydrogens (tertiary/aromatic N) is 2. The molecule has 1 aliphatic carbocycles. The maximum Gasteiger partial charge on any atom is 0.166 e. The fourth-order valence-corrected chi connectivity index (χ4v) is 6.70. The van der Waals surface area contributed by atoms with Gasteiger partial charge in [0.15, 0.2) is 11.6 Å². The standard InChI is InChI=1S/C32H43FN2O3/c1-7-25-18-24(14-15-34(25)19-21(3)33)22(4)35-23(5)32(26-10-8-9-11-28(26)35)29(36)13-12-27-30(37)16-20(2)17-31(27)38-6/h8-11,17,21-22,24-25H,7,12-16,18-19H2,1-6H3. The fraction of sp³-hybridized carbons (Fsp3) is 0.562. The van der Waals surface area contributed by atoms with Crippen LogP contribution in [0.2, 0.25) is 0 Å². The van der Waals surface area contributed by atoms with Crippen LogP contribution in [0.5, 0.6) is 0 Å². The topological polar surface area (TPSA) is 51.5 Å². The molecule has 6 heteroatoms. The molecule has 38 heavy (non-hydrogen) atoms. The lowest BCUT2D eigenvalue weighted by molar-refractivity contribution is -0.115. The second kappa shape index (κ2) is 12.0. The average Bonchev–Trinajstić information content (AvgIpc) is 3.18. The van der Waals surface area contributed by atoms with Crippen molar-refractivity contribution < 1.29 is 18.7 Å². The van der Waals surface area contributed by atoms with Crippen LogP contribution in [0.4, 0.5) is 4.39 Å². The molecule has 5 nitrogen and oxygen atoms in total. The van der Waals surface area contributed by atoms with Crippen LogP contribution >= 0.6 is 0 Å². The van der Waals surface area contributed by atoms with Crippen LogP contribution in [0.3, 0.4) is 0 Å². The molecule has 2 heterocycles. The van der Waals surface area contributed by atoms with E-state index in [1.54, 1.807) is 14.0 Å². The number of para-hydroxylation sites is 1. The molecule has 1 aromatic heterocycles. The summed E-state index contributed by atoms with van der Waals surface area (Å²) in [6, 6.07) is 8.77. The number of benzene rings is 1. The molecular formula is C32H43FN2O3. The zero-order valence-electron chi connectivity index (χ0n) is 23.9. The number of likely N-dealkylation sites (tertiary alicyclic amines) is 1. The summed E-state index contributed by atoms with van der Waals surface area (Å²) in [5.41, 5.74) is 4.42. The second-order valence-corrected chi connectivity index (χ2v) is 11.3. The van der Waals surface area contributed by atoms with Crippen molar-refractivity contribution >= 4 is 22.5 Å². The first-order chi connectivity index (χ1) is 18.2. The highest BCUT2D eigenvalue weighted by atomic mass is 19.1. The van der Waals surface area contributed by atoms with E-state index in [9.17, 15) is 14.0 Å². The number of allylic oxidation sites excluding steroid dienone is 3. The molecule has 0 spiro atoms. The van der Waals surface area contributed by atoms with Crippen LogP contribution in [0, 0.1) is 12.8 Å². The number of halogens is 1. The Balaban J connectivity index is 1.60. The molecule has 1 aromatic carbocycles. The van der Waals surface area contributed by atoms with Crippen molar-refractivity contribution in [3.05, 3.63) is 58.5 Å². The number of piperidine rings is 1. The van der Waals surface area contributed by atoms with Crippen LogP contribution in [0.1, 0.15) is 88.3 Å². The number of aromatic nitrogens is 1. The third-order valence-electron chi connectivity index (χ3n) is 8.63. The first kappa shape index (κ1) is 28.3. The lowest BCUT2D eigenvalue weighted by Gasteiger charge is -2.42. The van der Waals surface area contributed by atoms with Crippen LogP contribution in [0.15, 0.2) is 47.2 Å². The van der Waals surface area contributed by atoms with Gasteiger partial charge in [0.25, 0.3) is 0 Å². The number of Topliss-reactive ketones (excluding diaryl/α,β-unsaturated/α-hetero) is 2. The first-order valence-electron chi connectivity index (χ1n) is 14.1. The highest BCUT2D eigenvalue weighted by Gasteiger charge is 2.33.